The number of carbonyl (C=O) groups is 1. The molecule has 1 atom stereocenters. The molecule has 0 unspecified atom stereocenters. The average Bonchev–Trinajstić information content (AvgIpc) is 3.13. The van der Waals surface area contributed by atoms with E-state index in [9.17, 15) is 20.3 Å². The highest BCUT2D eigenvalue weighted by molar-refractivity contribution is 9.10. The Morgan fingerprint density at radius 1 is 0.942 bits per heavy atom. The van der Waals surface area contributed by atoms with Gasteiger partial charge in [0.25, 0.3) is 0 Å². The minimum atomic E-state index is -1.59. The molecule has 0 aliphatic carbocycles. The van der Waals surface area contributed by atoms with Crippen molar-refractivity contribution in [3.63, 3.8) is 0 Å². The molecule has 52 heavy (non-hydrogen) atoms. The van der Waals surface area contributed by atoms with Crippen LogP contribution in [0.1, 0.15) is 40.3 Å². The van der Waals surface area contributed by atoms with Crippen LogP contribution < -0.4 is 14.8 Å². The van der Waals surface area contributed by atoms with Gasteiger partial charge in [0, 0.05) is 47.1 Å². The summed E-state index contributed by atoms with van der Waals surface area (Å²) in [5.41, 5.74) is 7.65. The largest absolute Gasteiger partial charge is 0.488 e. The Hall–Kier alpha value is -4.76. The molecule has 0 radical (unpaired) electrons. The van der Waals surface area contributed by atoms with Gasteiger partial charge < -0.3 is 24.6 Å². The smallest absolute Gasteiger partial charge is 0.326 e. The fraction of sp³-hybridized carbons (Fsp3) is 0.244. The SMILES string of the molecule is Cc1c(COc2cc(OCc3cncc(C#N)c3)c(CN[C@@](C)(CO)C(=O)O)cc2Cl)cccc1-c1cccc(-c2ccc(CN(C)C)cc2)c1Br. The Morgan fingerprint density at radius 2 is 1.63 bits per heavy atom. The van der Waals surface area contributed by atoms with E-state index < -0.39 is 18.1 Å². The summed E-state index contributed by atoms with van der Waals surface area (Å²) in [7, 11) is 4.12. The van der Waals surface area contributed by atoms with Crippen LogP contribution in [0.5, 0.6) is 11.5 Å². The normalized spacial score (nSPS) is 12.3. The topological polar surface area (TPSA) is 128 Å². The van der Waals surface area contributed by atoms with Crippen molar-refractivity contribution in [1.29, 1.82) is 5.26 Å². The molecule has 9 nitrogen and oxygen atoms in total. The lowest BCUT2D eigenvalue weighted by atomic mass is 9.94. The predicted octanol–water partition coefficient (Wildman–Crippen LogP) is 8.16. The number of aliphatic hydroxyl groups is 1. The van der Waals surface area contributed by atoms with Crippen LogP contribution in [-0.4, -0.2) is 52.3 Å². The first-order valence-corrected chi connectivity index (χ1v) is 17.7. The number of hydrogen-bond acceptors (Lipinski definition) is 8. The number of aliphatic carboxylic acids is 1. The maximum Gasteiger partial charge on any atom is 0.326 e. The van der Waals surface area contributed by atoms with Crippen LogP contribution in [-0.2, 0) is 31.1 Å². The average molecular weight is 784 g/mol. The molecule has 5 aromatic rings. The molecule has 268 valence electrons. The summed E-state index contributed by atoms with van der Waals surface area (Å²) in [4.78, 5) is 18.1. The van der Waals surface area contributed by atoms with Crippen LogP contribution in [0.2, 0.25) is 5.02 Å². The van der Waals surface area contributed by atoms with Crippen molar-refractivity contribution in [2.45, 2.75) is 45.7 Å². The molecule has 0 aliphatic rings. The van der Waals surface area contributed by atoms with Gasteiger partial charge in [0.05, 0.1) is 17.2 Å². The van der Waals surface area contributed by atoms with Crippen LogP contribution in [0, 0.1) is 18.3 Å². The quantitative estimate of drug-likeness (QED) is 0.0964. The molecule has 4 aromatic carbocycles. The second-order valence-corrected chi connectivity index (χ2v) is 14.2. The first-order valence-electron chi connectivity index (χ1n) is 16.5. The first kappa shape index (κ1) is 38.5. The summed E-state index contributed by atoms with van der Waals surface area (Å²) in [6.07, 6.45) is 3.07. The minimum absolute atomic E-state index is 0.0322. The zero-order valence-electron chi connectivity index (χ0n) is 29.4. The Balaban J connectivity index is 1.40. The standard InChI is InChI=1S/C41H40BrClN4O5/c1-26-31(7-5-8-33(26)35-10-6-9-34(39(35)42)30-13-11-27(12-14-30)22-47(3)4)24-52-38-17-37(51-23-29-15-28(18-44)19-45-20-29)32(16-36(38)43)21-46-41(2,25-48)40(49)50/h5-17,19-20,46,48H,21-25H2,1-4H3,(H,49,50)/t41-/m0/s1. The lowest BCUT2D eigenvalue weighted by molar-refractivity contribution is -0.145. The summed E-state index contributed by atoms with van der Waals surface area (Å²) in [6, 6.07) is 28.1. The monoisotopic (exact) mass is 782 g/mol. The van der Waals surface area contributed by atoms with E-state index in [4.69, 9.17) is 21.1 Å². The zero-order valence-corrected chi connectivity index (χ0v) is 31.8. The highest BCUT2D eigenvalue weighted by Crippen LogP contribution is 2.39. The first-order chi connectivity index (χ1) is 24.9. The molecule has 5 rings (SSSR count). The number of ether oxygens (including phenoxy) is 2. The van der Waals surface area contributed by atoms with Crippen molar-refractivity contribution < 1.29 is 24.5 Å². The van der Waals surface area contributed by atoms with Crippen molar-refractivity contribution >= 4 is 33.5 Å². The number of halogens is 2. The van der Waals surface area contributed by atoms with Gasteiger partial charge in [-0.3, -0.25) is 15.1 Å². The highest BCUT2D eigenvalue weighted by atomic mass is 79.9. The van der Waals surface area contributed by atoms with Gasteiger partial charge in [-0.1, -0.05) is 72.3 Å². The Bertz CT molecular complexity index is 2100. The van der Waals surface area contributed by atoms with Crippen molar-refractivity contribution in [1.82, 2.24) is 15.2 Å². The number of nitrogens with zero attached hydrogens (tertiary/aromatic N) is 3. The molecule has 0 bridgehead atoms. The van der Waals surface area contributed by atoms with E-state index in [2.05, 4.69) is 107 Å². The molecule has 0 amide bonds. The number of carboxylic acid groups (broad SMARTS) is 1. The van der Waals surface area contributed by atoms with Crippen LogP contribution in [0.4, 0.5) is 0 Å². The van der Waals surface area contributed by atoms with Crippen LogP contribution in [0.25, 0.3) is 22.3 Å². The number of aliphatic hydroxyl groups excluding tert-OH is 1. The third kappa shape index (κ3) is 9.17. The van der Waals surface area contributed by atoms with Gasteiger partial charge in [0.2, 0.25) is 0 Å². The fourth-order valence-electron chi connectivity index (χ4n) is 5.64. The predicted molar refractivity (Wildman–Crippen MR) is 206 cm³/mol. The lowest BCUT2D eigenvalue weighted by Crippen LogP contribution is -2.52. The second kappa shape index (κ2) is 17.2. The van der Waals surface area contributed by atoms with Crippen LogP contribution in [0.3, 0.4) is 0 Å². The molecule has 1 aromatic heterocycles. The van der Waals surface area contributed by atoms with E-state index in [-0.39, 0.29) is 19.8 Å². The van der Waals surface area contributed by atoms with E-state index in [1.165, 1.54) is 18.7 Å². The highest BCUT2D eigenvalue weighted by Gasteiger charge is 2.32. The van der Waals surface area contributed by atoms with Crippen molar-refractivity contribution in [2.75, 3.05) is 20.7 Å². The molecule has 0 saturated carbocycles. The van der Waals surface area contributed by atoms with Crippen LogP contribution >= 0.6 is 27.5 Å². The van der Waals surface area contributed by atoms with Gasteiger partial charge in [0.1, 0.15) is 36.3 Å². The summed E-state index contributed by atoms with van der Waals surface area (Å²) < 4.78 is 13.5. The third-order valence-corrected chi connectivity index (χ3v) is 9.92. The summed E-state index contributed by atoms with van der Waals surface area (Å²) >= 11 is 10.6. The zero-order chi connectivity index (χ0) is 37.4. The third-order valence-electron chi connectivity index (χ3n) is 8.77. The second-order valence-electron chi connectivity index (χ2n) is 13.0. The number of aromatic nitrogens is 1. The van der Waals surface area contributed by atoms with Gasteiger partial charge in [-0.2, -0.15) is 5.26 Å². The van der Waals surface area contributed by atoms with Gasteiger partial charge in [0.15, 0.2) is 0 Å². The molecule has 0 spiro atoms. The summed E-state index contributed by atoms with van der Waals surface area (Å²) in [6.45, 7) is 4.05. The van der Waals surface area contributed by atoms with E-state index in [1.54, 1.807) is 24.4 Å². The lowest BCUT2D eigenvalue weighted by Gasteiger charge is -2.25. The van der Waals surface area contributed by atoms with Crippen molar-refractivity contribution in [3.8, 4) is 39.8 Å². The van der Waals surface area contributed by atoms with E-state index >= 15 is 0 Å². The Morgan fingerprint density at radius 3 is 2.33 bits per heavy atom. The number of nitriles is 1. The fourth-order valence-corrected chi connectivity index (χ4v) is 6.59. The minimum Gasteiger partial charge on any atom is -0.488 e. The number of benzene rings is 4. The van der Waals surface area contributed by atoms with Gasteiger partial charge in [-0.05, 0) is 94.9 Å². The molecule has 0 fully saturated rings. The molecule has 3 N–H and O–H groups in total. The number of carboxylic acids is 1. The van der Waals surface area contributed by atoms with E-state index in [0.29, 0.717) is 33.2 Å². The molecular weight excluding hydrogens is 744 g/mol. The van der Waals surface area contributed by atoms with Crippen molar-refractivity contribution in [3.05, 3.63) is 134 Å². The van der Waals surface area contributed by atoms with Gasteiger partial charge in [-0.15, -0.1) is 0 Å². The van der Waals surface area contributed by atoms with Crippen LogP contribution in [0.15, 0.2) is 95.7 Å². The number of pyridine rings is 1. The van der Waals surface area contributed by atoms with Crippen molar-refractivity contribution in [2.24, 2.45) is 0 Å². The van der Waals surface area contributed by atoms with Gasteiger partial charge >= 0.3 is 5.97 Å². The number of hydrogen-bond donors (Lipinski definition) is 3. The molecule has 0 saturated heterocycles. The molecule has 0 aliphatic heterocycles. The molecule has 11 heteroatoms. The van der Waals surface area contributed by atoms with E-state index in [1.807, 2.05) is 12.1 Å². The molecule has 1 heterocycles. The Labute approximate surface area is 317 Å². The molecular formula is C41H40BrClN4O5. The van der Waals surface area contributed by atoms with Gasteiger partial charge in [-0.25, -0.2) is 0 Å². The Kier molecular flexibility index (Phi) is 12.7. The van der Waals surface area contributed by atoms with E-state index in [0.717, 1.165) is 44.4 Å². The summed E-state index contributed by atoms with van der Waals surface area (Å²) in [5, 5.41) is 31.9. The number of rotatable bonds is 15. The summed E-state index contributed by atoms with van der Waals surface area (Å²) in [5.74, 6) is -0.437. The maximum absolute atomic E-state index is 11.8. The number of nitrogens with one attached hydrogen (secondary N) is 1. The maximum atomic E-state index is 11.8.